The molecular weight excluding hydrogens is 398 g/mol. The molecular formula is C18H21N5O3S2. The lowest BCUT2D eigenvalue weighted by molar-refractivity contribution is -0.115. The Balaban J connectivity index is 1.81. The zero-order valence-corrected chi connectivity index (χ0v) is 17.6. The van der Waals surface area contributed by atoms with Crippen LogP contribution in [0.15, 0.2) is 34.9 Å². The van der Waals surface area contributed by atoms with Crippen LogP contribution in [0.3, 0.4) is 0 Å². The molecule has 1 atom stereocenters. The maximum absolute atomic E-state index is 12.4. The monoisotopic (exact) mass is 419 g/mol. The number of thioether (sulfide) groups is 1. The molecule has 3 rings (SSSR count). The SMILES string of the molecule is CCn1c(S[C@@H](C)C(=O)Nc2nccs2)nnc1-c1ccc(OC)c(OC)c1. The van der Waals surface area contributed by atoms with E-state index in [4.69, 9.17) is 9.47 Å². The fraction of sp³-hybridized carbons (Fsp3) is 0.333. The van der Waals surface area contributed by atoms with Crippen LogP contribution in [0.1, 0.15) is 13.8 Å². The highest BCUT2D eigenvalue weighted by Crippen LogP contribution is 2.33. The molecule has 10 heteroatoms. The maximum Gasteiger partial charge on any atom is 0.239 e. The van der Waals surface area contributed by atoms with E-state index >= 15 is 0 Å². The first kappa shape index (κ1) is 20.2. The Labute approximate surface area is 171 Å². The number of carbonyl (C=O) groups excluding carboxylic acids is 1. The molecule has 2 aromatic heterocycles. The van der Waals surface area contributed by atoms with E-state index < -0.39 is 0 Å². The first-order valence-corrected chi connectivity index (χ1v) is 10.4. The highest BCUT2D eigenvalue weighted by Gasteiger charge is 2.21. The molecule has 0 aliphatic rings. The number of thiazole rings is 1. The van der Waals surface area contributed by atoms with Crippen molar-refractivity contribution in [1.82, 2.24) is 19.7 Å². The number of amides is 1. The number of hydrogen-bond acceptors (Lipinski definition) is 8. The highest BCUT2D eigenvalue weighted by atomic mass is 32.2. The van der Waals surface area contributed by atoms with Gasteiger partial charge in [-0.1, -0.05) is 11.8 Å². The van der Waals surface area contributed by atoms with Crippen LogP contribution in [0.25, 0.3) is 11.4 Å². The molecule has 0 spiro atoms. The van der Waals surface area contributed by atoms with Gasteiger partial charge in [0, 0.05) is 23.7 Å². The number of carbonyl (C=O) groups is 1. The van der Waals surface area contributed by atoms with Crippen LogP contribution >= 0.6 is 23.1 Å². The van der Waals surface area contributed by atoms with Crippen molar-refractivity contribution in [2.24, 2.45) is 0 Å². The molecule has 0 bridgehead atoms. The topological polar surface area (TPSA) is 91.2 Å². The van der Waals surface area contributed by atoms with Gasteiger partial charge in [0.05, 0.1) is 19.5 Å². The predicted octanol–water partition coefficient (Wildman–Crippen LogP) is 3.56. The van der Waals surface area contributed by atoms with Crippen molar-refractivity contribution in [2.75, 3.05) is 19.5 Å². The Hall–Kier alpha value is -2.59. The second-order valence-electron chi connectivity index (χ2n) is 5.71. The number of rotatable bonds is 8. The molecule has 0 aliphatic carbocycles. The van der Waals surface area contributed by atoms with E-state index in [2.05, 4.69) is 20.5 Å². The van der Waals surface area contributed by atoms with Crippen molar-refractivity contribution in [1.29, 1.82) is 0 Å². The predicted molar refractivity (Wildman–Crippen MR) is 110 cm³/mol. The van der Waals surface area contributed by atoms with Gasteiger partial charge in [-0.25, -0.2) is 4.98 Å². The van der Waals surface area contributed by atoms with Gasteiger partial charge in [0.2, 0.25) is 5.91 Å². The number of aromatic nitrogens is 4. The van der Waals surface area contributed by atoms with Crippen molar-refractivity contribution in [3.05, 3.63) is 29.8 Å². The van der Waals surface area contributed by atoms with Gasteiger partial charge in [-0.2, -0.15) is 0 Å². The summed E-state index contributed by atoms with van der Waals surface area (Å²) >= 11 is 2.74. The fourth-order valence-corrected chi connectivity index (χ4v) is 4.00. The lowest BCUT2D eigenvalue weighted by Crippen LogP contribution is -2.22. The van der Waals surface area contributed by atoms with E-state index in [1.165, 1.54) is 23.1 Å². The van der Waals surface area contributed by atoms with E-state index in [9.17, 15) is 4.79 Å². The van der Waals surface area contributed by atoms with Crippen molar-refractivity contribution >= 4 is 34.1 Å². The Kier molecular flexibility index (Phi) is 6.53. The van der Waals surface area contributed by atoms with E-state index in [1.54, 1.807) is 20.4 Å². The second-order valence-corrected chi connectivity index (χ2v) is 7.91. The van der Waals surface area contributed by atoms with E-state index in [-0.39, 0.29) is 11.2 Å². The summed E-state index contributed by atoms with van der Waals surface area (Å²) in [6.07, 6.45) is 1.65. The van der Waals surface area contributed by atoms with Gasteiger partial charge in [0.25, 0.3) is 0 Å². The van der Waals surface area contributed by atoms with Gasteiger partial charge in [-0.05, 0) is 32.0 Å². The van der Waals surface area contributed by atoms with Crippen LogP contribution in [0, 0.1) is 0 Å². The summed E-state index contributed by atoms with van der Waals surface area (Å²) in [4.78, 5) is 16.5. The van der Waals surface area contributed by atoms with Crippen molar-refractivity contribution < 1.29 is 14.3 Å². The quantitative estimate of drug-likeness (QED) is 0.558. The third-order valence-corrected chi connectivity index (χ3v) is 5.76. The minimum Gasteiger partial charge on any atom is -0.493 e. The minimum atomic E-state index is -0.350. The number of nitrogens with zero attached hydrogens (tertiary/aromatic N) is 4. The Morgan fingerprint density at radius 2 is 2.07 bits per heavy atom. The number of ether oxygens (including phenoxy) is 2. The van der Waals surface area contributed by atoms with Crippen LogP contribution in [0.2, 0.25) is 0 Å². The van der Waals surface area contributed by atoms with Crippen molar-refractivity contribution in [3.63, 3.8) is 0 Å². The van der Waals surface area contributed by atoms with Crippen molar-refractivity contribution in [2.45, 2.75) is 30.8 Å². The standard InChI is InChI=1S/C18H21N5O3S2/c1-5-23-15(12-6-7-13(25-3)14(10-12)26-4)21-22-18(23)28-11(2)16(24)20-17-19-8-9-27-17/h6-11H,5H2,1-4H3,(H,19,20,24)/t11-/m0/s1. The largest absolute Gasteiger partial charge is 0.493 e. The Morgan fingerprint density at radius 3 is 2.71 bits per heavy atom. The third kappa shape index (κ3) is 4.28. The summed E-state index contributed by atoms with van der Waals surface area (Å²) in [6.45, 7) is 4.51. The average molecular weight is 420 g/mol. The highest BCUT2D eigenvalue weighted by molar-refractivity contribution is 8.00. The third-order valence-electron chi connectivity index (χ3n) is 3.99. The van der Waals surface area contributed by atoms with Crippen molar-refractivity contribution in [3.8, 4) is 22.9 Å². The van der Waals surface area contributed by atoms with Gasteiger partial charge in [-0.3, -0.25) is 4.79 Å². The summed E-state index contributed by atoms with van der Waals surface area (Å²) in [7, 11) is 3.19. The summed E-state index contributed by atoms with van der Waals surface area (Å²) in [5.74, 6) is 1.85. The van der Waals surface area contributed by atoms with E-state index in [0.717, 1.165) is 5.56 Å². The molecule has 148 valence electrons. The Bertz CT molecular complexity index is 943. The summed E-state index contributed by atoms with van der Waals surface area (Å²) in [6, 6.07) is 5.60. The van der Waals surface area contributed by atoms with Gasteiger partial charge < -0.3 is 19.4 Å². The minimum absolute atomic E-state index is 0.127. The number of nitrogens with one attached hydrogen (secondary N) is 1. The first-order chi connectivity index (χ1) is 13.6. The Morgan fingerprint density at radius 1 is 1.29 bits per heavy atom. The smallest absolute Gasteiger partial charge is 0.239 e. The zero-order valence-electron chi connectivity index (χ0n) is 16.0. The molecule has 1 N–H and O–H groups in total. The molecule has 0 unspecified atom stereocenters. The van der Waals surface area contributed by atoms with E-state index in [1.807, 2.05) is 42.0 Å². The maximum atomic E-state index is 12.4. The van der Waals surface area contributed by atoms with Gasteiger partial charge >= 0.3 is 0 Å². The molecule has 2 heterocycles. The molecule has 8 nitrogen and oxygen atoms in total. The van der Waals surface area contributed by atoms with E-state index in [0.29, 0.717) is 34.2 Å². The van der Waals surface area contributed by atoms with Crippen LogP contribution in [0.4, 0.5) is 5.13 Å². The lowest BCUT2D eigenvalue weighted by atomic mass is 10.2. The average Bonchev–Trinajstić information content (AvgIpc) is 3.36. The fourth-order valence-electron chi connectivity index (χ4n) is 2.55. The molecule has 0 radical (unpaired) electrons. The summed E-state index contributed by atoms with van der Waals surface area (Å²) in [5.41, 5.74) is 0.860. The van der Waals surface area contributed by atoms with Crippen LogP contribution in [-0.2, 0) is 11.3 Å². The summed E-state index contributed by atoms with van der Waals surface area (Å²) < 4.78 is 12.6. The molecule has 1 aromatic carbocycles. The first-order valence-electron chi connectivity index (χ1n) is 8.60. The van der Waals surface area contributed by atoms with Crippen LogP contribution < -0.4 is 14.8 Å². The lowest BCUT2D eigenvalue weighted by Gasteiger charge is -2.12. The molecule has 0 saturated carbocycles. The normalized spacial score (nSPS) is 11.9. The molecule has 0 saturated heterocycles. The van der Waals surface area contributed by atoms with Gasteiger partial charge in [0.15, 0.2) is 27.6 Å². The molecule has 28 heavy (non-hydrogen) atoms. The number of benzene rings is 1. The molecule has 1 amide bonds. The van der Waals surface area contributed by atoms with Gasteiger partial charge in [-0.15, -0.1) is 21.5 Å². The second kappa shape index (κ2) is 9.07. The molecule has 0 aliphatic heterocycles. The summed E-state index contributed by atoms with van der Waals surface area (Å²) in [5, 5.41) is 14.2. The van der Waals surface area contributed by atoms with Crippen LogP contribution in [-0.4, -0.2) is 45.1 Å². The zero-order chi connectivity index (χ0) is 20.1. The molecule has 0 fully saturated rings. The number of hydrogen-bond donors (Lipinski definition) is 1. The molecule has 3 aromatic rings. The number of methoxy groups -OCH3 is 2. The number of anilines is 1. The van der Waals surface area contributed by atoms with Crippen LogP contribution in [0.5, 0.6) is 11.5 Å². The van der Waals surface area contributed by atoms with Gasteiger partial charge in [0.1, 0.15) is 0 Å².